The standard InChI is InChI=1S/C20H6N12O16/c33-25(34)13-7-3-5-1-2-6(21-5)4-8-14(26(35)36)18(30(43)44)10(23-8)16(28(39)40)12-20(32(47)48)19(31(45)46)11(24-12)15(27(37)38)9(22-7)17(13)29(41)42/h1-4,21-22H. The molecule has 28 heteroatoms. The molecule has 8 bridgehead atoms. The van der Waals surface area contributed by atoms with Crippen molar-refractivity contribution in [2.24, 2.45) is 0 Å². The lowest BCUT2D eigenvalue weighted by molar-refractivity contribution is -0.420. The van der Waals surface area contributed by atoms with Crippen LogP contribution >= 0.6 is 0 Å². The number of nitro groups is 8. The van der Waals surface area contributed by atoms with Gasteiger partial charge in [-0.2, -0.15) is 0 Å². The molecule has 0 aromatic carbocycles. The molecule has 242 valence electrons. The second-order valence-electron chi connectivity index (χ2n) is 9.07. The van der Waals surface area contributed by atoms with Gasteiger partial charge in [0.25, 0.3) is 0 Å². The molecule has 0 saturated carbocycles. The zero-order valence-electron chi connectivity index (χ0n) is 22.3. The molecule has 2 aliphatic rings. The molecule has 0 radical (unpaired) electrons. The summed E-state index contributed by atoms with van der Waals surface area (Å²) in [6, 6.07) is 3.71. The predicted octanol–water partition coefficient (Wildman–Crippen LogP) is 2.71. The van der Waals surface area contributed by atoms with Crippen LogP contribution in [-0.2, 0) is 0 Å². The summed E-state index contributed by atoms with van der Waals surface area (Å²) in [5.41, 5.74) is -23.3. The van der Waals surface area contributed by atoms with E-state index in [9.17, 15) is 80.9 Å². The molecular formula is C20H6N12O16. The SMILES string of the molecule is O=[N+]([O-])C1=C([N+](=O)[O-])c2nc1cc1ccc(cc3[nH]c(c([N+](=O)[O-])c4nc(c2[N+](=O)[O-])C([N+](=O)[O-])=C4[N+](=O)[O-])c([N+](=O)[O-])c3[N+](=O)[O-])[nH]1. The minimum Gasteiger partial charge on any atom is -0.355 e. The van der Waals surface area contributed by atoms with E-state index in [0.29, 0.717) is 0 Å². The zero-order valence-corrected chi connectivity index (χ0v) is 22.3. The maximum absolute atomic E-state index is 12.4. The average Bonchev–Trinajstić information content (AvgIpc) is 3.72. The number of nitrogens with zero attached hydrogens (tertiary/aromatic N) is 10. The number of H-pyrrole nitrogens is 2. The Hall–Kier alpha value is -8.20. The highest BCUT2D eigenvalue weighted by Crippen LogP contribution is 2.46. The average molecular weight is 670 g/mol. The fourth-order valence-corrected chi connectivity index (χ4v) is 4.82. The van der Waals surface area contributed by atoms with E-state index in [-0.39, 0.29) is 11.0 Å². The van der Waals surface area contributed by atoms with Crippen molar-refractivity contribution >= 4 is 67.6 Å². The largest absolute Gasteiger partial charge is 0.381 e. The molecule has 0 aliphatic carbocycles. The van der Waals surface area contributed by atoms with Crippen molar-refractivity contribution in [2.75, 3.05) is 0 Å². The fraction of sp³-hybridized carbons (Fsp3) is 0. The molecule has 28 nitrogen and oxygen atoms in total. The normalized spacial score (nSPS) is 12.5. The molecule has 0 spiro atoms. The summed E-state index contributed by atoms with van der Waals surface area (Å²) in [6.45, 7) is 0. The molecule has 48 heavy (non-hydrogen) atoms. The Morgan fingerprint density at radius 3 is 1.31 bits per heavy atom. The van der Waals surface area contributed by atoms with E-state index in [2.05, 4.69) is 15.0 Å². The highest BCUT2D eigenvalue weighted by Gasteiger charge is 2.53. The third kappa shape index (κ3) is 4.66. The van der Waals surface area contributed by atoms with E-state index in [4.69, 9.17) is 0 Å². The molecule has 0 fully saturated rings. The molecule has 3 aromatic heterocycles. The summed E-state index contributed by atoms with van der Waals surface area (Å²) in [6.07, 6.45) is 0. The van der Waals surface area contributed by atoms with E-state index in [1.165, 1.54) is 0 Å². The Bertz CT molecular complexity index is 2390. The quantitative estimate of drug-likeness (QED) is 0.257. The summed E-state index contributed by atoms with van der Waals surface area (Å²) in [4.78, 5) is 96.1. The van der Waals surface area contributed by atoms with Crippen molar-refractivity contribution in [3.05, 3.63) is 128 Å². The Kier molecular flexibility index (Phi) is 7.00. The van der Waals surface area contributed by atoms with Gasteiger partial charge < -0.3 is 9.97 Å². The predicted molar refractivity (Wildman–Crippen MR) is 149 cm³/mol. The van der Waals surface area contributed by atoms with Crippen LogP contribution in [0, 0.1) is 80.9 Å². The number of fused-ring (bicyclic) bond motifs is 8. The summed E-state index contributed by atoms with van der Waals surface area (Å²) < 4.78 is 0. The van der Waals surface area contributed by atoms with E-state index in [0.717, 1.165) is 24.3 Å². The third-order valence-electron chi connectivity index (χ3n) is 6.49. The van der Waals surface area contributed by atoms with E-state index in [1.54, 1.807) is 0 Å². The van der Waals surface area contributed by atoms with Gasteiger partial charge in [-0.25, -0.2) is 9.97 Å². The molecule has 0 atom stereocenters. The Morgan fingerprint density at radius 2 is 0.854 bits per heavy atom. The van der Waals surface area contributed by atoms with Gasteiger partial charge in [-0.15, -0.1) is 0 Å². The van der Waals surface area contributed by atoms with Crippen LogP contribution in [0.3, 0.4) is 0 Å². The summed E-state index contributed by atoms with van der Waals surface area (Å²) in [5.74, 6) is 0. The summed E-state index contributed by atoms with van der Waals surface area (Å²) in [7, 11) is 0. The van der Waals surface area contributed by atoms with Gasteiger partial charge in [0, 0.05) is 11.0 Å². The number of rotatable bonds is 8. The number of hydrogen-bond donors (Lipinski definition) is 2. The van der Waals surface area contributed by atoms with Crippen molar-refractivity contribution in [2.45, 2.75) is 0 Å². The van der Waals surface area contributed by atoms with Crippen molar-refractivity contribution in [3.8, 4) is 0 Å². The van der Waals surface area contributed by atoms with E-state index >= 15 is 0 Å². The topological polar surface area (TPSA) is 402 Å². The van der Waals surface area contributed by atoms with Gasteiger partial charge in [0.1, 0.15) is 5.52 Å². The van der Waals surface area contributed by atoms with Crippen molar-refractivity contribution < 1.29 is 39.4 Å². The van der Waals surface area contributed by atoms with Crippen LogP contribution < -0.4 is 0 Å². The minimum atomic E-state index is -2.03. The Labute approximate surface area is 255 Å². The van der Waals surface area contributed by atoms with Gasteiger partial charge in [-0.05, 0) is 24.3 Å². The van der Waals surface area contributed by atoms with Crippen molar-refractivity contribution in [3.63, 3.8) is 0 Å². The molecule has 5 heterocycles. The Morgan fingerprint density at radius 1 is 0.438 bits per heavy atom. The van der Waals surface area contributed by atoms with Crippen LogP contribution in [0.15, 0.2) is 24.3 Å². The van der Waals surface area contributed by atoms with Gasteiger partial charge in [0.05, 0.1) is 39.4 Å². The molecule has 2 aliphatic heterocycles. The van der Waals surface area contributed by atoms with Crippen LogP contribution in [0.25, 0.3) is 44.9 Å². The van der Waals surface area contributed by atoms with Crippen LogP contribution in [-0.4, -0.2) is 59.3 Å². The van der Waals surface area contributed by atoms with Crippen LogP contribution in [0.2, 0.25) is 0 Å². The molecule has 3 aromatic rings. The van der Waals surface area contributed by atoms with Crippen molar-refractivity contribution in [1.29, 1.82) is 0 Å². The lowest BCUT2D eigenvalue weighted by atomic mass is 10.1. The maximum atomic E-state index is 12.4. The van der Waals surface area contributed by atoms with Gasteiger partial charge in [0.2, 0.25) is 22.6 Å². The monoisotopic (exact) mass is 670 g/mol. The number of aromatic nitrogens is 4. The van der Waals surface area contributed by atoms with Gasteiger partial charge in [-0.1, -0.05) is 0 Å². The lowest BCUT2D eigenvalue weighted by Crippen LogP contribution is -2.09. The fourth-order valence-electron chi connectivity index (χ4n) is 4.82. The number of nitrogens with one attached hydrogen (secondary N) is 2. The smallest absolute Gasteiger partial charge is 0.355 e. The first-order valence-corrected chi connectivity index (χ1v) is 11.9. The first-order valence-electron chi connectivity index (χ1n) is 11.9. The maximum Gasteiger partial charge on any atom is 0.381 e. The van der Waals surface area contributed by atoms with Crippen LogP contribution in [0.1, 0.15) is 22.8 Å². The minimum absolute atomic E-state index is 0.210. The number of aromatic amines is 2. The highest BCUT2D eigenvalue weighted by molar-refractivity contribution is 5.99. The molecule has 0 saturated heterocycles. The van der Waals surface area contributed by atoms with E-state index in [1.807, 2.05) is 4.98 Å². The lowest BCUT2D eigenvalue weighted by Gasteiger charge is -1.96. The Balaban J connectivity index is 2.28. The first kappa shape index (κ1) is 31.2. The van der Waals surface area contributed by atoms with Gasteiger partial charge in [-0.3, -0.25) is 80.9 Å². The highest BCUT2D eigenvalue weighted by atomic mass is 16.7. The number of hydrogen-bond acceptors (Lipinski definition) is 18. The molecule has 0 amide bonds. The van der Waals surface area contributed by atoms with Gasteiger partial charge in [0.15, 0.2) is 5.69 Å². The molecular weight excluding hydrogens is 664 g/mol. The third-order valence-corrected chi connectivity index (χ3v) is 6.49. The molecule has 5 rings (SSSR count). The second kappa shape index (κ2) is 10.8. The van der Waals surface area contributed by atoms with Crippen LogP contribution in [0.5, 0.6) is 0 Å². The first-order chi connectivity index (χ1) is 22.5. The molecule has 0 unspecified atom stereocenters. The van der Waals surface area contributed by atoms with Gasteiger partial charge >= 0.3 is 45.5 Å². The summed E-state index contributed by atoms with van der Waals surface area (Å²) >= 11 is 0. The summed E-state index contributed by atoms with van der Waals surface area (Å²) in [5, 5.41) is 97.1. The second-order valence-corrected chi connectivity index (χ2v) is 9.07. The van der Waals surface area contributed by atoms with Crippen LogP contribution in [0.4, 0.5) is 22.7 Å². The van der Waals surface area contributed by atoms with E-state index < -0.39 is 119 Å². The van der Waals surface area contributed by atoms with Crippen molar-refractivity contribution in [1.82, 2.24) is 19.9 Å². The zero-order chi connectivity index (χ0) is 35.5. The molecule has 2 N–H and O–H groups in total.